The molecule has 0 spiro atoms. The number of nitrogens with two attached hydrogens (primary N) is 1. The lowest BCUT2D eigenvalue weighted by Gasteiger charge is -2.05. The number of nitrogens with zero attached hydrogens (tertiary/aromatic N) is 2. The molecule has 0 aliphatic heterocycles. The number of aromatic nitrogens is 1. The summed E-state index contributed by atoms with van der Waals surface area (Å²) in [4.78, 5) is 23.3. The summed E-state index contributed by atoms with van der Waals surface area (Å²) < 4.78 is 1.97. The van der Waals surface area contributed by atoms with E-state index in [9.17, 15) is 9.59 Å². The van der Waals surface area contributed by atoms with E-state index in [0.29, 0.717) is 6.54 Å². The van der Waals surface area contributed by atoms with Crippen LogP contribution in [0.3, 0.4) is 0 Å². The van der Waals surface area contributed by atoms with Crippen molar-refractivity contribution in [3.05, 3.63) is 70.9 Å². The van der Waals surface area contributed by atoms with Gasteiger partial charge in [-0.25, -0.2) is 5.43 Å². The van der Waals surface area contributed by atoms with Crippen LogP contribution < -0.4 is 11.2 Å². The Labute approximate surface area is 164 Å². The van der Waals surface area contributed by atoms with Crippen molar-refractivity contribution in [1.82, 2.24) is 9.99 Å². The first kappa shape index (κ1) is 19.4. The van der Waals surface area contributed by atoms with Gasteiger partial charge in [-0.2, -0.15) is 5.10 Å². The van der Waals surface area contributed by atoms with Gasteiger partial charge in [0, 0.05) is 35.6 Å². The van der Waals surface area contributed by atoms with Crippen molar-refractivity contribution in [2.75, 3.05) is 0 Å². The molecule has 3 rings (SSSR count). The molecule has 0 unspecified atom stereocenters. The smallest absolute Gasteiger partial charge is 0.244 e. The molecule has 0 aliphatic carbocycles. The maximum Gasteiger partial charge on any atom is 0.244 e. The van der Waals surface area contributed by atoms with E-state index in [1.807, 2.05) is 67.1 Å². The fourth-order valence-corrected chi connectivity index (χ4v) is 3.17. The van der Waals surface area contributed by atoms with Gasteiger partial charge in [0.1, 0.15) is 0 Å². The van der Waals surface area contributed by atoms with Crippen LogP contribution in [0.1, 0.15) is 28.7 Å². The van der Waals surface area contributed by atoms with Crippen LogP contribution in [0.2, 0.25) is 0 Å². The van der Waals surface area contributed by atoms with E-state index in [1.165, 1.54) is 0 Å². The molecule has 6 heteroatoms. The minimum absolute atomic E-state index is 0.164. The van der Waals surface area contributed by atoms with Crippen LogP contribution in [0.25, 0.3) is 10.9 Å². The van der Waals surface area contributed by atoms with Crippen molar-refractivity contribution < 1.29 is 9.59 Å². The van der Waals surface area contributed by atoms with Gasteiger partial charge < -0.3 is 10.3 Å². The standard InChI is InChI=1S/C22H24N4O2/c1-15-7-8-16(2)17(11-15)12-22(28)25-24-13-18-14-26(10-9-21(23)27)20-6-4-3-5-19(18)20/h3-8,11,13-14H,9-10,12H2,1-2H3,(H2,23,27)(H,25,28)/b24-13-. The molecule has 28 heavy (non-hydrogen) atoms. The molecule has 0 bridgehead atoms. The molecule has 1 aromatic heterocycles. The average molecular weight is 376 g/mol. The number of amides is 2. The Bertz CT molecular complexity index is 1050. The van der Waals surface area contributed by atoms with Crippen LogP contribution in [0.5, 0.6) is 0 Å². The number of benzene rings is 2. The predicted molar refractivity (Wildman–Crippen MR) is 111 cm³/mol. The molecule has 3 aromatic rings. The SMILES string of the molecule is Cc1ccc(C)c(CC(=O)N/N=C\c2cn(CCC(N)=O)c3ccccc23)c1. The largest absolute Gasteiger partial charge is 0.370 e. The van der Waals surface area contributed by atoms with E-state index in [2.05, 4.69) is 10.5 Å². The number of aryl methyl sites for hydroxylation is 3. The van der Waals surface area contributed by atoms with Crippen molar-refractivity contribution in [2.24, 2.45) is 10.8 Å². The topological polar surface area (TPSA) is 89.5 Å². The zero-order valence-electron chi connectivity index (χ0n) is 16.1. The van der Waals surface area contributed by atoms with Gasteiger partial charge in [-0.1, -0.05) is 42.0 Å². The second-order valence-corrected chi connectivity index (χ2v) is 6.91. The molecule has 0 saturated heterocycles. The molecule has 144 valence electrons. The summed E-state index contributed by atoms with van der Waals surface area (Å²) in [5, 5.41) is 5.12. The summed E-state index contributed by atoms with van der Waals surface area (Å²) in [6.45, 7) is 4.50. The number of carbonyl (C=O) groups excluding carboxylic acids is 2. The van der Waals surface area contributed by atoms with E-state index in [1.54, 1.807) is 6.21 Å². The highest BCUT2D eigenvalue weighted by atomic mass is 16.2. The van der Waals surface area contributed by atoms with Crippen LogP contribution in [-0.4, -0.2) is 22.6 Å². The number of hydrazone groups is 1. The highest BCUT2D eigenvalue weighted by Crippen LogP contribution is 2.20. The highest BCUT2D eigenvalue weighted by molar-refractivity contribution is 5.99. The first-order valence-corrected chi connectivity index (χ1v) is 9.18. The Morgan fingerprint density at radius 3 is 2.75 bits per heavy atom. The van der Waals surface area contributed by atoms with Crippen LogP contribution in [0.4, 0.5) is 0 Å². The summed E-state index contributed by atoms with van der Waals surface area (Å²) in [6, 6.07) is 13.9. The third kappa shape index (κ3) is 4.65. The zero-order valence-corrected chi connectivity index (χ0v) is 16.1. The molecule has 0 radical (unpaired) electrons. The summed E-state index contributed by atoms with van der Waals surface area (Å²) in [7, 11) is 0. The molecule has 0 atom stereocenters. The molecule has 3 N–H and O–H groups in total. The Morgan fingerprint density at radius 1 is 1.18 bits per heavy atom. The summed E-state index contributed by atoms with van der Waals surface area (Å²) in [5.41, 5.74) is 12.9. The summed E-state index contributed by atoms with van der Waals surface area (Å²) in [6.07, 6.45) is 4.09. The quantitative estimate of drug-likeness (QED) is 0.490. The predicted octanol–water partition coefficient (Wildman–Crippen LogP) is 2.83. The van der Waals surface area contributed by atoms with E-state index >= 15 is 0 Å². The van der Waals surface area contributed by atoms with E-state index in [4.69, 9.17) is 5.73 Å². The number of primary amides is 1. The van der Waals surface area contributed by atoms with Gasteiger partial charge in [-0.05, 0) is 31.0 Å². The summed E-state index contributed by atoms with van der Waals surface area (Å²) >= 11 is 0. The Balaban J connectivity index is 1.71. The van der Waals surface area contributed by atoms with Crippen LogP contribution in [0, 0.1) is 13.8 Å². The minimum atomic E-state index is -0.341. The molecular weight excluding hydrogens is 352 g/mol. The van der Waals surface area contributed by atoms with E-state index in [-0.39, 0.29) is 24.7 Å². The Hall–Kier alpha value is -3.41. The maximum absolute atomic E-state index is 12.2. The third-order valence-electron chi connectivity index (χ3n) is 4.67. The normalized spacial score (nSPS) is 11.2. The first-order valence-electron chi connectivity index (χ1n) is 9.18. The molecule has 0 fully saturated rings. The molecule has 0 saturated carbocycles. The van der Waals surface area contributed by atoms with Crippen molar-refractivity contribution in [1.29, 1.82) is 0 Å². The number of fused-ring (bicyclic) bond motifs is 1. The number of nitrogens with one attached hydrogen (secondary N) is 1. The fourth-order valence-electron chi connectivity index (χ4n) is 3.17. The van der Waals surface area contributed by atoms with Gasteiger partial charge in [-0.3, -0.25) is 9.59 Å². The van der Waals surface area contributed by atoms with Crippen molar-refractivity contribution in [2.45, 2.75) is 33.2 Å². The number of rotatable bonds is 7. The minimum Gasteiger partial charge on any atom is -0.370 e. The lowest BCUT2D eigenvalue weighted by atomic mass is 10.0. The van der Waals surface area contributed by atoms with E-state index < -0.39 is 0 Å². The molecule has 2 aromatic carbocycles. The van der Waals surface area contributed by atoms with E-state index in [0.717, 1.165) is 33.2 Å². The van der Waals surface area contributed by atoms with Gasteiger partial charge in [0.05, 0.1) is 12.6 Å². The van der Waals surface area contributed by atoms with Gasteiger partial charge in [0.25, 0.3) is 0 Å². The van der Waals surface area contributed by atoms with Gasteiger partial charge in [-0.15, -0.1) is 0 Å². The average Bonchev–Trinajstić information content (AvgIpc) is 3.01. The monoisotopic (exact) mass is 376 g/mol. The maximum atomic E-state index is 12.2. The lowest BCUT2D eigenvalue weighted by molar-refractivity contribution is -0.120. The molecule has 1 heterocycles. The molecule has 0 aliphatic rings. The number of hydrogen-bond donors (Lipinski definition) is 2. The fraction of sp³-hybridized carbons (Fsp3) is 0.227. The van der Waals surface area contributed by atoms with Crippen molar-refractivity contribution in [3.8, 4) is 0 Å². The first-order chi connectivity index (χ1) is 13.4. The van der Waals surface area contributed by atoms with Crippen LogP contribution in [-0.2, 0) is 22.6 Å². The second-order valence-electron chi connectivity index (χ2n) is 6.91. The van der Waals surface area contributed by atoms with Crippen LogP contribution in [0.15, 0.2) is 53.8 Å². The highest BCUT2D eigenvalue weighted by Gasteiger charge is 2.08. The molecule has 6 nitrogen and oxygen atoms in total. The number of carbonyl (C=O) groups is 2. The zero-order chi connectivity index (χ0) is 20.1. The van der Waals surface area contributed by atoms with Crippen molar-refractivity contribution >= 4 is 28.9 Å². The second kappa shape index (κ2) is 8.52. The number of para-hydroxylation sites is 1. The third-order valence-corrected chi connectivity index (χ3v) is 4.67. The Kier molecular flexibility index (Phi) is 5.89. The van der Waals surface area contributed by atoms with Gasteiger partial charge >= 0.3 is 0 Å². The van der Waals surface area contributed by atoms with Gasteiger partial charge in [0.2, 0.25) is 11.8 Å². The van der Waals surface area contributed by atoms with Crippen molar-refractivity contribution in [3.63, 3.8) is 0 Å². The van der Waals surface area contributed by atoms with Gasteiger partial charge in [0.15, 0.2) is 0 Å². The molecule has 2 amide bonds. The summed E-state index contributed by atoms with van der Waals surface area (Å²) in [5.74, 6) is -0.505. The molecular formula is C22H24N4O2. The number of hydrogen-bond acceptors (Lipinski definition) is 3. The lowest BCUT2D eigenvalue weighted by Crippen LogP contribution is -2.20. The Morgan fingerprint density at radius 2 is 1.96 bits per heavy atom. The van der Waals surface area contributed by atoms with Crippen LogP contribution >= 0.6 is 0 Å².